The van der Waals surface area contributed by atoms with Gasteiger partial charge in [-0.2, -0.15) is 0 Å². The van der Waals surface area contributed by atoms with Gasteiger partial charge in [-0.05, 0) is 39.0 Å². The highest BCUT2D eigenvalue weighted by atomic mass is 16.6. The molecule has 0 amide bonds. The van der Waals surface area contributed by atoms with Crippen LogP contribution in [0.5, 0.6) is 0 Å². The molecule has 2 aromatic rings. The van der Waals surface area contributed by atoms with E-state index in [1.807, 2.05) is 26.8 Å². The van der Waals surface area contributed by atoms with Crippen LogP contribution >= 0.6 is 0 Å². The van der Waals surface area contributed by atoms with Crippen molar-refractivity contribution in [3.63, 3.8) is 0 Å². The van der Waals surface area contributed by atoms with Crippen molar-refractivity contribution in [1.82, 2.24) is 9.55 Å². The zero-order chi connectivity index (χ0) is 14.0. The first-order chi connectivity index (χ1) is 8.87. The van der Waals surface area contributed by atoms with Crippen LogP contribution in [0.4, 0.5) is 10.5 Å². The number of rotatable bonds is 1. The predicted molar refractivity (Wildman–Crippen MR) is 73.7 cm³/mol. The van der Waals surface area contributed by atoms with Crippen LogP contribution in [0.2, 0.25) is 0 Å². The van der Waals surface area contributed by atoms with Crippen molar-refractivity contribution in [2.24, 2.45) is 0 Å². The number of aromatic nitrogens is 2. The molecule has 0 unspecified atom stereocenters. The third-order valence-electron chi connectivity index (χ3n) is 2.39. The van der Waals surface area contributed by atoms with Gasteiger partial charge in [-0.3, -0.25) is 9.55 Å². The molecule has 0 radical (unpaired) electrons. The fourth-order valence-electron chi connectivity index (χ4n) is 1.68. The maximum Gasteiger partial charge on any atom is 0.418 e. The van der Waals surface area contributed by atoms with Gasteiger partial charge in [0.15, 0.2) is 0 Å². The van der Waals surface area contributed by atoms with Crippen molar-refractivity contribution in [2.45, 2.75) is 26.4 Å². The van der Waals surface area contributed by atoms with E-state index in [9.17, 15) is 4.79 Å². The first-order valence-corrected chi connectivity index (χ1v) is 5.98. The zero-order valence-corrected chi connectivity index (χ0v) is 11.3. The highest BCUT2D eigenvalue weighted by Crippen LogP contribution is 2.22. The van der Waals surface area contributed by atoms with E-state index in [1.54, 1.807) is 30.7 Å². The summed E-state index contributed by atoms with van der Waals surface area (Å²) in [6, 6.07) is 5.37. The van der Waals surface area contributed by atoms with Gasteiger partial charge < -0.3 is 10.5 Å². The number of nitrogen functional groups attached to an aromatic ring is 1. The van der Waals surface area contributed by atoms with Crippen molar-refractivity contribution in [3.05, 3.63) is 36.8 Å². The molecule has 0 saturated carbocycles. The van der Waals surface area contributed by atoms with E-state index in [-0.39, 0.29) is 0 Å². The molecule has 5 heteroatoms. The second-order valence-electron chi connectivity index (χ2n) is 5.25. The van der Waals surface area contributed by atoms with Crippen LogP contribution in [0, 0.1) is 0 Å². The fourth-order valence-corrected chi connectivity index (χ4v) is 1.68. The van der Waals surface area contributed by atoms with Gasteiger partial charge in [0.1, 0.15) is 5.60 Å². The Kier molecular flexibility index (Phi) is 3.29. The molecule has 2 N–H and O–H groups in total. The van der Waals surface area contributed by atoms with E-state index < -0.39 is 11.7 Å². The van der Waals surface area contributed by atoms with Gasteiger partial charge in [0.2, 0.25) is 0 Å². The number of nitrogens with zero attached hydrogens (tertiary/aromatic N) is 2. The smallest absolute Gasteiger partial charge is 0.418 e. The third kappa shape index (κ3) is 3.13. The number of carbonyl (C=O) groups excluding carboxylic acids is 1. The second-order valence-corrected chi connectivity index (χ2v) is 5.25. The maximum atomic E-state index is 12.1. The van der Waals surface area contributed by atoms with Crippen molar-refractivity contribution in [2.75, 3.05) is 5.73 Å². The molecule has 0 atom stereocenters. The standard InChI is InChI=1S/C14H17N3O2/c1-14(2,3)19-13(18)17-6-4-5-12(17)10-7-11(15)9-16-8-10/h4-9H,15H2,1-3H3. The van der Waals surface area contributed by atoms with Crippen LogP contribution in [-0.2, 0) is 4.74 Å². The molecule has 0 aliphatic rings. The molecule has 0 fully saturated rings. The van der Waals surface area contributed by atoms with Crippen molar-refractivity contribution in [1.29, 1.82) is 0 Å². The minimum Gasteiger partial charge on any atom is -0.443 e. The number of anilines is 1. The summed E-state index contributed by atoms with van der Waals surface area (Å²) in [4.78, 5) is 16.1. The molecule has 0 aliphatic carbocycles. The molecule has 2 rings (SSSR count). The summed E-state index contributed by atoms with van der Waals surface area (Å²) in [6.45, 7) is 5.49. The summed E-state index contributed by atoms with van der Waals surface area (Å²) in [7, 11) is 0. The van der Waals surface area contributed by atoms with Gasteiger partial charge in [-0.25, -0.2) is 4.79 Å². The molecular weight excluding hydrogens is 242 g/mol. The Hall–Kier alpha value is -2.30. The van der Waals surface area contributed by atoms with Crippen LogP contribution in [0.15, 0.2) is 36.8 Å². The third-order valence-corrected chi connectivity index (χ3v) is 2.39. The zero-order valence-electron chi connectivity index (χ0n) is 11.3. The Morgan fingerprint density at radius 2 is 2.11 bits per heavy atom. The molecular formula is C14H17N3O2. The topological polar surface area (TPSA) is 70.1 Å². The molecule has 0 aliphatic heterocycles. The Bertz CT molecular complexity index is 597. The van der Waals surface area contributed by atoms with E-state index in [1.165, 1.54) is 4.57 Å². The van der Waals surface area contributed by atoms with E-state index in [0.717, 1.165) is 5.56 Å². The van der Waals surface area contributed by atoms with E-state index >= 15 is 0 Å². The first-order valence-electron chi connectivity index (χ1n) is 5.98. The monoisotopic (exact) mass is 259 g/mol. The summed E-state index contributed by atoms with van der Waals surface area (Å²) in [6.07, 6.45) is 4.46. The average molecular weight is 259 g/mol. The minimum atomic E-state index is -0.535. The van der Waals surface area contributed by atoms with Gasteiger partial charge in [-0.1, -0.05) is 0 Å². The van der Waals surface area contributed by atoms with Crippen LogP contribution < -0.4 is 5.73 Å². The lowest BCUT2D eigenvalue weighted by Gasteiger charge is -2.20. The number of carbonyl (C=O) groups is 1. The number of hydrogen-bond donors (Lipinski definition) is 1. The van der Waals surface area contributed by atoms with E-state index in [0.29, 0.717) is 11.4 Å². The summed E-state index contributed by atoms with van der Waals surface area (Å²) in [5.41, 5.74) is 7.20. The van der Waals surface area contributed by atoms with Crippen molar-refractivity contribution in [3.8, 4) is 11.3 Å². The molecule has 2 aromatic heterocycles. The molecule has 5 nitrogen and oxygen atoms in total. The normalized spacial score (nSPS) is 11.3. The van der Waals surface area contributed by atoms with Gasteiger partial charge in [0, 0.05) is 24.2 Å². The van der Waals surface area contributed by atoms with Crippen molar-refractivity contribution < 1.29 is 9.53 Å². The molecule has 0 saturated heterocycles. The summed E-state index contributed by atoms with van der Waals surface area (Å²) in [5, 5.41) is 0. The summed E-state index contributed by atoms with van der Waals surface area (Å²) < 4.78 is 6.79. The Morgan fingerprint density at radius 1 is 1.37 bits per heavy atom. The second kappa shape index (κ2) is 4.76. The molecule has 19 heavy (non-hydrogen) atoms. The van der Waals surface area contributed by atoms with E-state index in [4.69, 9.17) is 10.5 Å². The maximum absolute atomic E-state index is 12.1. The fraction of sp³-hybridized carbons (Fsp3) is 0.286. The number of ether oxygens (including phenoxy) is 1. The van der Waals surface area contributed by atoms with Crippen LogP contribution in [0.3, 0.4) is 0 Å². The van der Waals surface area contributed by atoms with Crippen LogP contribution in [0.1, 0.15) is 20.8 Å². The summed E-state index contributed by atoms with van der Waals surface area (Å²) >= 11 is 0. The first kappa shape index (κ1) is 13.1. The molecule has 0 bridgehead atoms. The molecule has 0 aromatic carbocycles. The lowest BCUT2D eigenvalue weighted by Crippen LogP contribution is -2.27. The van der Waals surface area contributed by atoms with E-state index in [2.05, 4.69) is 4.98 Å². The molecule has 100 valence electrons. The quantitative estimate of drug-likeness (QED) is 0.854. The van der Waals surface area contributed by atoms with Crippen LogP contribution in [-0.4, -0.2) is 21.2 Å². The largest absolute Gasteiger partial charge is 0.443 e. The molecule has 0 spiro atoms. The average Bonchev–Trinajstić information content (AvgIpc) is 2.75. The Balaban J connectivity index is 2.35. The minimum absolute atomic E-state index is 0.421. The Labute approximate surface area is 112 Å². The highest BCUT2D eigenvalue weighted by molar-refractivity contribution is 5.79. The van der Waals surface area contributed by atoms with Gasteiger partial charge in [0.05, 0.1) is 11.4 Å². The lowest BCUT2D eigenvalue weighted by molar-refractivity contribution is 0.0540. The van der Waals surface area contributed by atoms with Gasteiger partial charge in [0.25, 0.3) is 0 Å². The number of hydrogen-bond acceptors (Lipinski definition) is 4. The SMILES string of the molecule is CC(C)(C)OC(=O)n1cccc1-c1cncc(N)c1. The van der Waals surface area contributed by atoms with Gasteiger partial charge in [-0.15, -0.1) is 0 Å². The summed E-state index contributed by atoms with van der Waals surface area (Å²) in [5.74, 6) is 0. The number of nitrogens with two attached hydrogens (primary N) is 1. The number of pyridine rings is 1. The predicted octanol–water partition coefficient (Wildman–Crippen LogP) is 2.92. The highest BCUT2D eigenvalue weighted by Gasteiger charge is 2.19. The lowest BCUT2D eigenvalue weighted by atomic mass is 10.2. The Morgan fingerprint density at radius 3 is 2.74 bits per heavy atom. The van der Waals surface area contributed by atoms with Crippen LogP contribution in [0.25, 0.3) is 11.3 Å². The van der Waals surface area contributed by atoms with Gasteiger partial charge >= 0.3 is 6.09 Å². The molecule has 2 heterocycles. The van der Waals surface area contributed by atoms with Crippen molar-refractivity contribution >= 4 is 11.8 Å².